The highest BCUT2D eigenvalue weighted by Crippen LogP contribution is 2.14. The molecule has 0 bridgehead atoms. The van der Waals surface area contributed by atoms with E-state index in [1.165, 1.54) is 96.8 Å². The summed E-state index contributed by atoms with van der Waals surface area (Å²) in [6.07, 6.45) is 23.5. The zero-order valence-electron chi connectivity index (χ0n) is 20.7. The molecule has 0 aliphatic rings. The van der Waals surface area contributed by atoms with E-state index in [0.717, 1.165) is 25.7 Å². The van der Waals surface area contributed by atoms with Gasteiger partial charge in [0.2, 0.25) is 5.91 Å². The fraction of sp³-hybridized carbons (Fsp3) is 0.923. The van der Waals surface area contributed by atoms with Crippen molar-refractivity contribution in [2.45, 2.75) is 142 Å². The predicted octanol–water partition coefficient (Wildman–Crippen LogP) is 6.42. The van der Waals surface area contributed by atoms with E-state index in [1.54, 1.807) is 0 Å². The van der Waals surface area contributed by atoms with E-state index < -0.39 is 6.04 Å². The Morgan fingerprint density at radius 1 is 0.710 bits per heavy atom. The summed E-state index contributed by atoms with van der Waals surface area (Å²) in [7, 11) is 0. The maximum Gasteiger partial charge on any atom is 0.328 e. The van der Waals surface area contributed by atoms with Crippen LogP contribution in [0.3, 0.4) is 0 Å². The van der Waals surface area contributed by atoms with Crippen molar-refractivity contribution in [3.8, 4) is 0 Å². The SMILES string of the molecule is CCCCCCCCCCCCCCCCCCOC(=O)[C@@H](CCCCN)NC(C)=O. The van der Waals surface area contributed by atoms with Crippen LogP contribution in [0, 0.1) is 0 Å². The van der Waals surface area contributed by atoms with Crippen molar-refractivity contribution < 1.29 is 14.3 Å². The summed E-state index contributed by atoms with van der Waals surface area (Å²) in [4.78, 5) is 23.4. The Morgan fingerprint density at radius 3 is 1.58 bits per heavy atom. The van der Waals surface area contributed by atoms with E-state index in [4.69, 9.17) is 10.5 Å². The van der Waals surface area contributed by atoms with Crippen molar-refractivity contribution in [2.75, 3.05) is 13.2 Å². The number of ether oxygens (including phenoxy) is 1. The zero-order chi connectivity index (χ0) is 23.0. The van der Waals surface area contributed by atoms with Gasteiger partial charge in [0.1, 0.15) is 6.04 Å². The van der Waals surface area contributed by atoms with Gasteiger partial charge in [-0.1, -0.05) is 103 Å². The Hall–Kier alpha value is -1.10. The first-order valence-electron chi connectivity index (χ1n) is 13.3. The average Bonchev–Trinajstić information content (AvgIpc) is 2.75. The van der Waals surface area contributed by atoms with E-state index in [2.05, 4.69) is 12.2 Å². The molecule has 0 aliphatic carbocycles. The highest BCUT2D eigenvalue weighted by atomic mass is 16.5. The first kappa shape index (κ1) is 29.9. The second-order valence-electron chi connectivity index (χ2n) is 9.01. The maximum atomic E-state index is 12.2. The number of carbonyl (C=O) groups excluding carboxylic acids is 2. The molecular formula is C26H52N2O3. The number of rotatable bonds is 23. The predicted molar refractivity (Wildman–Crippen MR) is 131 cm³/mol. The molecule has 0 spiro atoms. The van der Waals surface area contributed by atoms with Crippen LogP contribution in [-0.2, 0) is 14.3 Å². The molecule has 0 rings (SSSR count). The Bertz CT molecular complexity index is 415. The van der Waals surface area contributed by atoms with E-state index >= 15 is 0 Å². The minimum absolute atomic E-state index is 0.197. The van der Waals surface area contributed by atoms with Gasteiger partial charge >= 0.3 is 5.97 Å². The van der Waals surface area contributed by atoms with Gasteiger partial charge < -0.3 is 15.8 Å². The summed E-state index contributed by atoms with van der Waals surface area (Å²) < 4.78 is 5.37. The molecule has 0 heterocycles. The van der Waals surface area contributed by atoms with E-state index in [9.17, 15) is 9.59 Å². The molecule has 3 N–H and O–H groups in total. The quantitative estimate of drug-likeness (QED) is 0.142. The molecule has 1 amide bonds. The lowest BCUT2D eigenvalue weighted by Crippen LogP contribution is -2.40. The monoisotopic (exact) mass is 440 g/mol. The van der Waals surface area contributed by atoms with Crippen LogP contribution in [0.25, 0.3) is 0 Å². The Morgan fingerprint density at radius 2 is 1.16 bits per heavy atom. The summed E-state index contributed by atoms with van der Waals surface area (Å²) in [6.45, 7) is 4.75. The fourth-order valence-corrected chi connectivity index (χ4v) is 3.91. The molecule has 31 heavy (non-hydrogen) atoms. The number of esters is 1. The lowest BCUT2D eigenvalue weighted by atomic mass is 10.0. The molecular weight excluding hydrogens is 388 g/mol. The lowest BCUT2D eigenvalue weighted by Gasteiger charge is -2.16. The van der Waals surface area contributed by atoms with Crippen LogP contribution in [0.4, 0.5) is 0 Å². The van der Waals surface area contributed by atoms with Crippen LogP contribution in [0.5, 0.6) is 0 Å². The molecule has 1 atom stereocenters. The first-order valence-corrected chi connectivity index (χ1v) is 13.3. The highest BCUT2D eigenvalue weighted by Gasteiger charge is 2.20. The molecule has 5 nitrogen and oxygen atoms in total. The number of amides is 1. The molecule has 0 saturated heterocycles. The van der Waals surface area contributed by atoms with Gasteiger partial charge in [0.15, 0.2) is 0 Å². The van der Waals surface area contributed by atoms with E-state index in [0.29, 0.717) is 19.6 Å². The molecule has 0 aromatic heterocycles. The molecule has 0 saturated carbocycles. The molecule has 0 aromatic carbocycles. The van der Waals surface area contributed by atoms with Crippen molar-refractivity contribution >= 4 is 11.9 Å². The van der Waals surface area contributed by atoms with Crippen LogP contribution < -0.4 is 11.1 Å². The second kappa shape index (κ2) is 23.6. The van der Waals surface area contributed by atoms with Gasteiger partial charge in [-0.2, -0.15) is 0 Å². The summed E-state index contributed by atoms with van der Waals surface area (Å²) in [5, 5.41) is 2.69. The maximum absolute atomic E-state index is 12.2. The van der Waals surface area contributed by atoms with Gasteiger partial charge in [-0.05, 0) is 32.2 Å². The molecule has 0 aromatic rings. The van der Waals surface area contributed by atoms with Crippen molar-refractivity contribution in [2.24, 2.45) is 5.73 Å². The molecule has 0 radical (unpaired) electrons. The van der Waals surface area contributed by atoms with Crippen LogP contribution in [-0.4, -0.2) is 31.1 Å². The van der Waals surface area contributed by atoms with Gasteiger partial charge in [-0.15, -0.1) is 0 Å². The Labute approximate surface area is 192 Å². The highest BCUT2D eigenvalue weighted by molar-refractivity contribution is 5.83. The van der Waals surface area contributed by atoms with Crippen molar-refractivity contribution in [1.82, 2.24) is 5.32 Å². The lowest BCUT2D eigenvalue weighted by molar-refractivity contribution is -0.148. The van der Waals surface area contributed by atoms with Crippen LogP contribution in [0.1, 0.15) is 136 Å². The summed E-state index contributed by atoms with van der Waals surface area (Å²) in [5.41, 5.74) is 5.50. The number of nitrogens with one attached hydrogen (secondary N) is 1. The van der Waals surface area contributed by atoms with Crippen molar-refractivity contribution in [3.05, 3.63) is 0 Å². The number of nitrogens with two attached hydrogens (primary N) is 1. The molecule has 0 aliphatic heterocycles. The molecule has 0 fully saturated rings. The van der Waals surface area contributed by atoms with Gasteiger partial charge in [-0.3, -0.25) is 4.79 Å². The molecule has 184 valence electrons. The minimum Gasteiger partial charge on any atom is -0.464 e. The molecule has 0 unspecified atom stereocenters. The topological polar surface area (TPSA) is 81.4 Å². The zero-order valence-corrected chi connectivity index (χ0v) is 20.7. The third-order valence-electron chi connectivity index (χ3n) is 5.85. The van der Waals surface area contributed by atoms with Crippen LogP contribution >= 0.6 is 0 Å². The smallest absolute Gasteiger partial charge is 0.328 e. The number of hydrogen-bond acceptors (Lipinski definition) is 4. The van der Waals surface area contributed by atoms with Crippen molar-refractivity contribution in [1.29, 1.82) is 0 Å². The fourth-order valence-electron chi connectivity index (χ4n) is 3.91. The van der Waals surface area contributed by atoms with Gasteiger partial charge in [0, 0.05) is 6.92 Å². The Kier molecular flexibility index (Phi) is 22.7. The summed E-state index contributed by atoms with van der Waals surface area (Å²) >= 11 is 0. The van der Waals surface area contributed by atoms with Crippen LogP contribution in [0.2, 0.25) is 0 Å². The normalized spacial score (nSPS) is 12.0. The number of carbonyl (C=O) groups is 2. The Balaban J connectivity index is 3.45. The first-order chi connectivity index (χ1) is 15.1. The second-order valence-corrected chi connectivity index (χ2v) is 9.01. The van der Waals surface area contributed by atoms with Crippen LogP contribution in [0.15, 0.2) is 0 Å². The van der Waals surface area contributed by atoms with E-state index in [1.807, 2.05) is 0 Å². The minimum atomic E-state index is -0.537. The van der Waals surface area contributed by atoms with Gasteiger partial charge in [0.05, 0.1) is 6.61 Å². The number of unbranched alkanes of at least 4 members (excludes halogenated alkanes) is 16. The average molecular weight is 441 g/mol. The standard InChI is InChI=1S/C26H52N2O3/c1-3-4-5-6-7-8-9-10-11-12-13-14-15-16-17-20-23-31-26(30)25(28-24(2)29)21-18-19-22-27/h25H,3-23,27H2,1-2H3,(H,28,29)/t25-/m1/s1. The summed E-state index contributed by atoms with van der Waals surface area (Å²) in [5.74, 6) is -0.509. The van der Waals surface area contributed by atoms with Gasteiger partial charge in [-0.25, -0.2) is 4.79 Å². The number of hydrogen-bond donors (Lipinski definition) is 2. The largest absolute Gasteiger partial charge is 0.464 e. The van der Waals surface area contributed by atoms with E-state index in [-0.39, 0.29) is 11.9 Å². The van der Waals surface area contributed by atoms with Crippen molar-refractivity contribution in [3.63, 3.8) is 0 Å². The third-order valence-corrected chi connectivity index (χ3v) is 5.85. The van der Waals surface area contributed by atoms with Gasteiger partial charge in [0.25, 0.3) is 0 Å². The molecule has 5 heteroatoms. The summed E-state index contributed by atoms with van der Waals surface area (Å²) in [6, 6.07) is -0.537. The third kappa shape index (κ3) is 21.9.